The molecule has 6 nitrogen and oxygen atoms in total. The van der Waals surface area contributed by atoms with Crippen LogP contribution < -0.4 is 0 Å². The molecule has 0 bridgehead atoms. The number of aromatic nitrogens is 1. The molecule has 0 spiro atoms. The van der Waals surface area contributed by atoms with Crippen molar-refractivity contribution in [3.63, 3.8) is 0 Å². The summed E-state index contributed by atoms with van der Waals surface area (Å²) in [7, 11) is 0. The molecule has 0 saturated carbocycles. The highest BCUT2D eigenvalue weighted by Gasteiger charge is 2.21. The van der Waals surface area contributed by atoms with Gasteiger partial charge in [-0.2, -0.15) is 0 Å². The van der Waals surface area contributed by atoms with Crippen molar-refractivity contribution in [3.05, 3.63) is 52.4 Å². The van der Waals surface area contributed by atoms with E-state index in [0.717, 1.165) is 0 Å². The Labute approximate surface area is 113 Å². The third-order valence-electron chi connectivity index (χ3n) is 3.01. The van der Waals surface area contributed by atoms with Gasteiger partial charge in [0.1, 0.15) is 5.75 Å². The van der Waals surface area contributed by atoms with Gasteiger partial charge in [-0.25, -0.2) is 0 Å². The minimum absolute atomic E-state index is 0.0926. The van der Waals surface area contributed by atoms with Crippen LogP contribution in [0.5, 0.6) is 5.75 Å². The van der Waals surface area contributed by atoms with Crippen LogP contribution in [0.4, 0.5) is 5.69 Å². The number of hydrogen-bond donors (Lipinski definition) is 1. The Hall–Kier alpha value is -2.89. The number of phenols is 1. The molecule has 0 amide bonds. The van der Waals surface area contributed by atoms with Crippen molar-refractivity contribution in [3.8, 4) is 17.1 Å². The fourth-order valence-corrected chi connectivity index (χ4v) is 2.18. The summed E-state index contributed by atoms with van der Waals surface area (Å²) in [5, 5.41) is 21.2. The SMILES string of the molecule is Cc1cc(-c2occc2[N+](=O)[O-])c2ccc(O)cc2n1. The van der Waals surface area contributed by atoms with Gasteiger partial charge in [0.2, 0.25) is 5.76 Å². The summed E-state index contributed by atoms with van der Waals surface area (Å²) in [4.78, 5) is 14.8. The molecule has 100 valence electrons. The van der Waals surface area contributed by atoms with Gasteiger partial charge in [-0.1, -0.05) is 0 Å². The topological polar surface area (TPSA) is 89.4 Å². The molecule has 0 aliphatic heterocycles. The zero-order chi connectivity index (χ0) is 14.3. The molecular formula is C14H10N2O4. The second-order valence-corrected chi connectivity index (χ2v) is 4.40. The van der Waals surface area contributed by atoms with Gasteiger partial charge in [0.15, 0.2) is 0 Å². The van der Waals surface area contributed by atoms with Crippen molar-refractivity contribution in [2.45, 2.75) is 6.92 Å². The number of fused-ring (bicyclic) bond motifs is 1. The highest BCUT2D eigenvalue weighted by atomic mass is 16.6. The van der Waals surface area contributed by atoms with Crippen LogP contribution in [-0.4, -0.2) is 15.0 Å². The Balaban J connectivity index is 2.35. The molecular weight excluding hydrogens is 260 g/mol. The Morgan fingerprint density at radius 2 is 2.10 bits per heavy atom. The van der Waals surface area contributed by atoms with Crippen molar-refractivity contribution in [2.24, 2.45) is 0 Å². The highest BCUT2D eigenvalue weighted by Crippen LogP contribution is 2.36. The fourth-order valence-electron chi connectivity index (χ4n) is 2.18. The number of phenolic OH excluding ortho intramolecular Hbond substituents is 1. The lowest BCUT2D eigenvalue weighted by Crippen LogP contribution is -1.91. The van der Waals surface area contributed by atoms with Crippen LogP contribution in [0.15, 0.2) is 41.0 Å². The highest BCUT2D eigenvalue weighted by molar-refractivity contribution is 5.95. The number of nitrogens with zero attached hydrogens (tertiary/aromatic N) is 2. The standard InChI is InChI=1S/C14H10N2O4/c1-8-6-11(14-13(16(18)19)4-5-20-14)10-3-2-9(17)7-12(10)15-8/h2-7,17H,1H3. The molecule has 0 atom stereocenters. The minimum Gasteiger partial charge on any atom is -0.508 e. The van der Waals surface area contributed by atoms with E-state index in [-0.39, 0.29) is 17.2 Å². The van der Waals surface area contributed by atoms with Crippen molar-refractivity contribution in [2.75, 3.05) is 0 Å². The lowest BCUT2D eigenvalue weighted by molar-refractivity contribution is -0.384. The van der Waals surface area contributed by atoms with Gasteiger partial charge in [-0.3, -0.25) is 15.1 Å². The summed E-state index contributed by atoms with van der Waals surface area (Å²) >= 11 is 0. The molecule has 0 aliphatic rings. The maximum absolute atomic E-state index is 11.0. The van der Waals surface area contributed by atoms with Crippen LogP contribution in [-0.2, 0) is 0 Å². The first-order valence-electron chi connectivity index (χ1n) is 5.89. The maximum Gasteiger partial charge on any atom is 0.315 e. The van der Waals surface area contributed by atoms with E-state index < -0.39 is 4.92 Å². The second kappa shape index (κ2) is 4.34. The molecule has 3 aromatic rings. The van der Waals surface area contributed by atoms with Gasteiger partial charge in [-0.05, 0) is 25.1 Å². The third-order valence-corrected chi connectivity index (χ3v) is 3.01. The lowest BCUT2D eigenvalue weighted by Gasteiger charge is -2.06. The minimum atomic E-state index is -0.485. The summed E-state index contributed by atoms with van der Waals surface area (Å²) in [6.07, 6.45) is 1.29. The van der Waals surface area contributed by atoms with Crippen molar-refractivity contribution < 1.29 is 14.4 Å². The number of pyridine rings is 1. The summed E-state index contributed by atoms with van der Waals surface area (Å²) in [5.74, 6) is 0.284. The first kappa shape index (κ1) is 12.2. The zero-order valence-corrected chi connectivity index (χ0v) is 10.5. The first-order valence-corrected chi connectivity index (χ1v) is 5.89. The second-order valence-electron chi connectivity index (χ2n) is 4.40. The predicted molar refractivity (Wildman–Crippen MR) is 72.5 cm³/mol. The van der Waals surface area contributed by atoms with Crippen LogP contribution >= 0.6 is 0 Å². The number of hydrogen-bond acceptors (Lipinski definition) is 5. The Kier molecular flexibility index (Phi) is 2.64. The van der Waals surface area contributed by atoms with E-state index in [0.29, 0.717) is 22.2 Å². The number of benzene rings is 1. The van der Waals surface area contributed by atoms with E-state index in [4.69, 9.17) is 4.42 Å². The van der Waals surface area contributed by atoms with E-state index in [9.17, 15) is 15.2 Å². The third kappa shape index (κ3) is 1.87. The van der Waals surface area contributed by atoms with Crippen molar-refractivity contribution in [1.82, 2.24) is 4.98 Å². The number of rotatable bonds is 2. The first-order chi connectivity index (χ1) is 9.56. The summed E-state index contributed by atoms with van der Waals surface area (Å²) < 4.78 is 5.27. The summed E-state index contributed by atoms with van der Waals surface area (Å²) in [6, 6.07) is 7.74. The number of furan rings is 1. The molecule has 0 saturated heterocycles. The molecule has 0 aliphatic carbocycles. The zero-order valence-electron chi connectivity index (χ0n) is 10.5. The van der Waals surface area contributed by atoms with Crippen LogP contribution in [0.3, 0.4) is 0 Å². The van der Waals surface area contributed by atoms with Crippen LogP contribution in [0.25, 0.3) is 22.2 Å². The lowest BCUT2D eigenvalue weighted by atomic mass is 10.0. The summed E-state index contributed by atoms with van der Waals surface area (Å²) in [6.45, 7) is 1.78. The fraction of sp³-hybridized carbons (Fsp3) is 0.0714. The van der Waals surface area contributed by atoms with Gasteiger partial charge in [0.05, 0.1) is 22.8 Å². The largest absolute Gasteiger partial charge is 0.508 e. The average molecular weight is 270 g/mol. The van der Waals surface area contributed by atoms with Gasteiger partial charge >= 0.3 is 5.69 Å². The quantitative estimate of drug-likeness (QED) is 0.569. The van der Waals surface area contributed by atoms with Crippen molar-refractivity contribution in [1.29, 1.82) is 0 Å². The smallest absolute Gasteiger partial charge is 0.315 e. The van der Waals surface area contributed by atoms with Crippen LogP contribution in [0.1, 0.15) is 5.69 Å². The van der Waals surface area contributed by atoms with Gasteiger partial charge < -0.3 is 9.52 Å². The average Bonchev–Trinajstić information content (AvgIpc) is 2.86. The van der Waals surface area contributed by atoms with Gasteiger partial charge in [0, 0.05) is 22.7 Å². The molecule has 1 N–H and O–H groups in total. The molecule has 2 heterocycles. The van der Waals surface area contributed by atoms with Crippen molar-refractivity contribution >= 4 is 16.6 Å². The summed E-state index contributed by atoms with van der Waals surface area (Å²) in [5.41, 5.74) is 1.74. The molecule has 6 heteroatoms. The Morgan fingerprint density at radius 1 is 1.30 bits per heavy atom. The Bertz CT molecular complexity index is 818. The number of nitro groups is 1. The molecule has 2 aromatic heterocycles. The molecule has 20 heavy (non-hydrogen) atoms. The van der Waals surface area contributed by atoms with E-state index >= 15 is 0 Å². The number of aryl methyl sites for hydroxylation is 1. The predicted octanol–water partition coefficient (Wildman–Crippen LogP) is 3.42. The monoisotopic (exact) mass is 270 g/mol. The van der Waals surface area contributed by atoms with E-state index in [1.54, 1.807) is 19.1 Å². The maximum atomic E-state index is 11.0. The van der Waals surface area contributed by atoms with E-state index in [1.807, 2.05) is 0 Å². The molecule has 1 aromatic carbocycles. The Morgan fingerprint density at radius 3 is 2.85 bits per heavy atom. The number of aromatic hydroxyl groups is 1. The normalized spacial score (nSPS) is 10.8. The van der Waals surface area contributed by atoms with Gasteiger partial charge in [-0.15, -0.1) is 0 Å². The van der Waals surface area contributed by atoms with E-state index in [1.165, 1.54) is 24.5 Å². The van der Waals surface area contributed by atoms with E-state index in [2.05, 4.69) is 4.98 Å². The molecule has 0 unspecified atom stereocenters. The van der Waals surface area contributed by atoms with Crippen LogP contribution in [0, 0.1) is 17.0 Å². The molecule has 0 radical (unpaired) electrons. The van der Waals surface area contributed by atoms with Gasteiger partial charge in [0.25, 0.3) is 0 Å². The van der Waals surface area contributed by atoms with Crippen LogP contribution in [0.2, 0.25) is 0 Å². The molecule has 0 fully saturated rings. The molecule has 3 rings (SSSR count).